The van der Waals surface area contributed by atoms with Crippen LogP contribution in [-0.2, 0) is 11.2 Å². The van der Waals surface area contributed by atoms with Crippen LogP contribution in [-0.4, -0.2) is 57.5 Å². The molecule has 0 spiro atoms. The summed E-state index contributed by atoms with van der Waals surface area (Å²) in [6, 6.07) is 17.8. The number of ether oxygens (including phenoxy) is 1. The third-order valence-corrected chi connectivity index (χ3v) is 8.09. The molecule has 0 aliphatic rings. The number of hydrogen-bond donors (Lipinski definition) is 2. The Morgan fingerprint density at radius 3 is 2.50 bits per heavy atom. The number of urea groups is 1. The molecule has 0 fully saturated rings. The van der Waals surface area contributed by atoms with Gasteiger partial charge in [-0.15, -0.1) is 0 Å². The molecule has 1 heterocycles. The Kier molecular flexibility index (Phi) is 11.3. The number of nitrogens with zero attached hydrogens (tertiary/aromatic N) is 4. The van der Waals surface area contributed by atoms with Crippen LogP contribution in [0, 0.1) is 0 Å². The summed E-state index contributed by atoms with van der Waals surface area (Å²) < 4.78 is 7.11. The molecular formula is C31H32Cl2N6O4S. The highest BCUT2D eigenvalue weighted by molar-refractivity contribution is 8.13. The maximum atomic E-state index is 13.9. The Labute approximate surface area is 269 Å². The normalized spacial score (nSPS) is 12.2. The third-order valence-electron chi connectivity index (χ3n) is 6.73. The average molecular weight is 656 g/mol. The Hall–Kier alpha value is -4.06. The van der Waals surface area contributed by atoms with Crippen LogP contribution in [0.3, 0.4) is 0 Å². The zero-order valence-electron chi connectivity index (χ0n) is 24.4. The van der Waals surface area contributed by atoms with Crippen LogP contribution >= 0.6 is 35.0 Å². The first kappa shape index (κ1) is 32.8. The molecule has 44 heavy (non-hydrogen) atoms. The number of para-hydroxylation sites is 1. The summed E-state index contributed by atoms with van der Waals surface area (Å²) in [7, 11) is 0. The maximum Gasteiger partial charge on any atom is 0.318 e. The van der Waals surface area contributed by atoms with E-state index in [1.54, 1.807) is 71.8 Å². The molecule has 0 aliphatic carbocycles. The van der Waals surface area contributed by atoms with Crippen LogP contribution in [0.5, 0.6) is 5.75 Å². The van der Waals surface area contributed by atoms with Crippen LogP contribution in [0.1, 0.15) is 31.3 Å². The Bertz CT molecular complexity index is 1750. The minimum Gasteiger partial charge on any atom is -0.494 e. The lowest BCUT2D eigenvalue weighted by Gasteiger charge is -2.30. The lowest BCUT2D eigenvalue weighted by Crippen LogP contribution is -2.40. The van der Waals surface area contributed by atoms with E-state index in [0.29, 0.717) is 55.5 Å². The van der Waals surface area contributed by atoms with E-state index in [2.05, 4.69) is 10.3 Å². The van der Waals surface area contributed by atoms with Crippen LogP contribution in [0.15, 0.2) is 76.5 Å². The summed E-state index contributed by atoms with van der Waals surface area (Å²) in [5.41, 5.74) is 6.74. The molecule has 0 saturated carbocycles. The number of aliphatic imine (C=N–C) groups is 1. The van der Waals surface area contributed by atoms with Crippen LogP contribution in [0.25, 0.3) is 16.6 Å². The fourth-order valence-electron chi connectivity index (χ4n) is 4.66. The van der Waals surface area contributed by atoms with Gasteiger partial charge in [0.2, 0.25) is 5.91 Å². The van der Waals surface area contributed by atoms with E-state index in [1.165, 1.54) is 16.3 Å². The second-order valence-electron chi connectivity index (χ2n) is 9.62. The first-order valence-corrected chi connectivity index (χ1v) is 15.7. The molecule has 0 bridgehead atoms. The minimum absolute atomic E-state index is 0.0146. The highest BCUT2D eigenvalue weighted by Crippen LogP contribution is 2.27. The zero-order valence-corrected chi connectivity index (χ0v) is 26.7. The van der Waals surface area contributed by atoms with Gasteiger partial charge in [-0.25, -0.2) is 9.78 Å². The number of primary amides is 1. The number of aromatic nitrogens is 2. The summed E-state index contributed by atoms with van der Waals surface area (Å²) in [5, 5.41) is 3.95. The van der Waals surface area contributed by atoms with Crippen molar-refractivity contribution in [2.24, 2.45) is 10.7 Å². The van der Waals surface area contributed by atoms with E-state index in [-0.39, 0.29) is 31.0 Å². The Morgan fingerprint density at radius 1 is 1.11 bits per heavy atom. The van der Waals surface area contributed by atoms with Crippen molar-refractivity contribution in [1.82, 2.24) is 19.8 Å². The predicted molar refractivity (Wildman–Crippen MR) is 177 cm³/mol. The monoisotopic (exact) mass is 654 g/mol. The fourth-order valence-corrected chi connectivity index (χ4v) is 5.40. The molecule has 3 amide bonds. The number of carbonyl (C=O) groups is 2. The van der Waals surface area contributed by atoms with Gasteiger partial charge in [-0.05, 0) is 74.2 Å². The van der Waals surface area contributed by atoms with E-state index in [1.807, 2.05) is 19.9 Å². The van der Waals surface area contributed by atoms with Crippen LogP contribution < -0.4 is 21.3 Å². The molecule has 1 unspecified atom stereocenters. The number of halogens is 2. The van der Waals surface area contributed by atoms with Gasteiger partial charge in [-0.3, -0.25) is 24.5 Å². The number of carbonyl (C=O) groups excluding carboxylic acids is 2. The molecule has 4 rings (SSSR count). The SMILES string of the molecule is CCOc1ccc(-n2c(C(C)N(CCN=C(NC(N)=O)SC)C(=O)Cc3ccc(Cl)c(Cl)c3)nc3ccccc3c2=O)cc1. The molecule has 0 saturated heterocycles. The second kappa shape index (κ2) is 15.1. The van der Waals surface area contributed by atoms with Gasteiger partial charge in [0.1, 0.15) is 11.6 Å². The van der Waals surface area contributed by atoms with Gasteiger partial charge >= 0.3 is 6.03 Å². The molecule has 1 aromatic heterocycles. The van der Waals surface area contributed by atoms with Crippen molar-refractivity contribution in [1.29, 1.82) is 0 Å². The van der Waals surface area contributed by atoms with Gasteiger partial charge in [0.15, 0.2) is 5.17 Å². The van der Waals surface area contributed by atoms with Crippen molar-refractivity contribution >= 4 is 63.0 Å². The van der Waals surface area contributed by atoms with Crippen molar-refractivity contribution in [3.8, 4) is 11.4 Å². The number of benzene rings is 3. The maximum absolute atomic E-state index is 13.9. The number of thioether (sulfide) groups is 1. The predicted octanol–water partition coefficient (Wildman–Crippen LogP) is 5.61. The number of hydrogen-bond acceptors (Lipinski definition) is 7. The largest absolute Gasteiger partial charge is 0.494 e. The highest BCUT2D eigenvalue weighted by atomic mass is 35.5. The molecule has 3 N–H and O–H groups in total. The van der Waals surface area contributed by atoms with Crippen molar-refractivity contribution < 1.29 is 14.3 Å². The Balaban J connectivity index is 1.80. The van der Waals surface area contributed by atoms with Gasteiger partial charge in [-0.2, -0.15) is 0 Å². The first-order chi connectivity index (χ1) is 21.1. The molecule has 230 valence electrons. The number of nitrogens with one attached hydrogen (secondary N) is 1. The number of nitrogens with two attached hydrogens (primary N) is 1. The molecule has 1 atom stereocenters. The van der Waals surface area contributed by atoms with Gasteiger partial charge < -0.3 is 15.4 Å². The van der Waals surface area contributed by atoms with Gasteiger partial charge in [-0.1, -0.05) is 53.2 Å². The van der Waals surface area contributed by atoms with Crippen molar-refractivity contribution in [3.05, 3.63) is 98.5 Å². The average Bonchev–Trinajstić information content (AvgIpc) is 3.00. The zero-order chi connectivity index (χ0) is 31.8. The number of amides is 3. The quantitative estimate of drug-likeness (QED) is 0.169. The van der Waals surface area contributed by atoms with E-state index < -0.39 is 12.1 Å². The van der Waals surface area contributed by atoms with Crippen molar-refractivity contribution in [2.75, 3.05) is 26.0 Å². The summed E-state index contributed by atoms with van der Waals surface area (Å²) in [5.74, 6) is 0.781. The lowest BCUT2D eigenvalue weighted by atomic mass is 10.1. The van der Waals surface area contributed by atoms with E-state index >= 15 is 0 Å². The third kappa shape index (κ3) is 7.90. The number of amidine groups is 1. The highest BCUT2D eigenvalue weighted by Gasteiger charge is 2.27. The molecule has 3 aromatic carbocycles. The van der Waals surface area contributed by atoms with Crippen LogP contribution in [0.2, 0.25) is 10.0 Å². The van der Waals surface area contributed by atoms with E-state index in [0.717, 1.165) is 0 Å². The van der Waals surface area contributed by atoms with Gasteiger partial charge in [0.25, 0.3) is 5.56 Å². The smallest absolute Gasteiger partial charge is 0.318 e. The molecule has 4 aromatic rings. The second-order valence-corrected chi connectivity index (χ2v) is 11.2. The minimum atomic E-state index is -0.737. The Morgan fingerprint density at radius 2 is 1.84 bits per heavy atom. The fraction of sp³-hybridized carbons (Fsp3) is 0.258. The summed E-state index contributed by atoms with van der Waals surface area (Å²) >= 11 is 13.5. The van der Waals surface area contributed by atoms with Gasteiger partial charge in [0.05, 0.1) is 52.2 Å². The molecule has 10 nitrogen and oxygen atoms in total. The molecular weight excluding hydrogens is 623 g/mol. The first-order valence-electron chi connectivity index (χ1n) is 13.8. The molecule has 0 aliphatic heterocycles. The topological polar surface area (TPSA) is 132 Å². The number of fused-ring (bicyclic) bond motifs is 1. The lowest BCUT2D eigenvalue weighted by molar-refractivity contribution is -0.132. The van der Waals surface area contributed by atoms with Crippen molar-refractivity contribution in [2.45, 2.75) is 26.3 Å². The van der Waals surface area contributed by atoms with E-state index in [4.69, 9.17) is 38.7 Å². The summed E-state index contributed by atoms with van der Waals surface area (Å²) in [6.07, 6.45) is 1.76. The van der Waals surface area contributed by atoms with Crippen LogP contribution in [0.4, 0.5) is 4.79 Å². The van der Waals surface area contributed by atoms with E-state index in [9.17, 15) is 14.4 Å². The number of rotatable bonds is 10. The standard InChI is InChI=1S/C31H32Cl2N6O4S/c1-4-43-22-12-10-21(11-13-22)39-28(36-26-8-6-5-7-23(26)29(39)41)19(2)38(16-15-35-31(44-3)37-30(34)42)27(40)18-20-9-14-24(32)25(33)17-20/h5-14,17,19H,4,15-16,18H2,1-3H3,(H3,34,35,37,42). The van der Waals surface area contributed by atoms with Gasteiger partial charge in [0, 0.05) is 6.54 Å². The summed E-state index contributed by atoms with van der Waals surface area (Å²) in [6.45, 7) is 4.51. The molecule has 13 heteroatoms. The van der Waals surface area contributed by atoms with Crippen molar-refractivity contribution in [3.63, 3.8) is 0 Å². The summed E-state index contributed by atoms with van der Waals surface area (Å²) in [4.78, 5) is 50.2. The molecule has 0 radical (unpaired) electrons.